The molecule has 0 aromatic carbocycles. The van der Waals surface area contributed by atoms with Crippen molar-refractivity contribution >= 4 is 20.0 Å². The van der Waals surface area contributed by atoms with E-state index in [1.165, 1.54) is 19.4 Å². The highest BCUT2D eigenvalue weighted by Gasteiger charge is 2.65. The van der Waals surface area contributed by atoms with Crippen molar-refractivity contribution in [2.45, 2.75) is 52.2 Å². The van der Waals surface area contributed by atoms with Crippen LogP contribution in [0.25, 0.3) is 0 Å². The summed E-state index contributed by atoms with van der Waals surface area (Å²) in [5.74, 6) is -0.960. The van der Waals surface area contributed by atoms with E-state index < -0.39 is 25.4 Å². The predicted molar refractivity (Wildman–Crippen MR) is 81.0 cm³/mol. The number of carbonyl (C=O) groups excluding carboxylic acids is 2. The molecule has 1 rings (SSSR count). The van der Waals surface area contributed by atoms with E-state index in [4.69, 9.17) is 9.47 Å². The highest BCUT2D eigenvalue weighted by molar-refractivity contribution is 6.83. The van der Waals surface area contributed by atoms with Crippen LogP contribution in [0.2, 0.25) is 19.6 Å². The molecule has 0 aliphatic heterocycles. The Labute approximate surface area is 122 Å². The van der Waals surface area contributed by atoms with Crippen LogP contribution < -0.4 is 0 Å². The van der Waals surface area contributed by atoms with E-state index >= 15 is 0 Å². The number of allylic oxidation sites excluding steroid dienone is 1. The van der Waals surface area contributed by atoms with E-state index in [2.05, 4.69) is 26.6 Å². The van der Waals surface area contributed by atoms with Crippen LogP contribution in [0.3, 0.4) is 0 Å². The molecule has 1 saturated carbocycles. The third-order valence-electron chi connectivity index (χ3n) is 3.95. The van der Waals surface area contributed by atoms with Gasteiger partial charge in [-0.3, -0.25) is 9.59 Å². The first-order valence-electron chi connectivity index (χ1n) is 7.15. The number of unbranched alkanes of at least 4 members (excludes halogenated alkanes) is 1. The van der Waals surface area contributed by atoms with Gasteiger partial charge in [0, 0.05) is 6.42 Å². The van der Waals surface area contributed by atoms with Gasteiger partial charge in [0.1, 0.15) is 0 Å². The van der Waals surface area contributed by atoms with E-state index in [0.29, 0.717) is 6.42 Å². The zero-order valence-electron chi connectivity index (χ0n) is 13.5. The van der Waals surface area contributed by atoms with E-state index in [1.54, 1.807) is 0 Å². The Kier molecular flexibility index (Phi) is 5.19. The van der Waals surface area contributed by atoms with Crippen LogP contribution in [0.5, 0.6) is 0 Å². The van der Waals surface area contributed by atoms with Gasteiger partial charge in [-0.1, -0.05) is 44.6 Å². The zero-order valence-corrected chi connectivity index (χ0v) is 14.5. The average Bonchev–Trinajstić information content (AvgIpc) is 3.12. The molecule has 5 heteroatoms. The lowest BCUT2D eigenvalue weighted by molar-refractivity contribution is -0.160. The molecule has 0 heterocycles. The van der Waals surface area contributed by atoms with Crippen LogP contribution >= 0.6 is 0 Å². The molecule has 1 aliphatic rings. The minimum Gasteiger partial charge on any atom is -0.468 e. The third kappa shape index (κ3) is 2.97. The molecule has 0 aromatic rings. The van der Waals surface area contributed by atoms with Crippen LogP contribution in [0.15, 0.2) is 10.8 Å². The standard InChI is InChI=1S/C15H26O4Si/c1-7-8-9-12(20(4,5)6)11-10-15(11,13(16)18-2)14(17)19-3/h7-10H2,1-6H3/b12-11+. The lowest BCUT2D eigenvalue weighted by Gasteiger charge is -2.22. The predicted octanol–water partition coefficient (Wildman–Crippen LogP) is 3.09. The average molecular weight is 298 g/mol. The van der Waals surface area contributed by atoms with E-state index in [0.717, 1.165) is 24.8 Å². The quantitative estimate of drug-likeness (QED) is 0.429. The number of carbonyl (C=O) groups is 2. The van der Waals surface area contributed by atoms with Gasteiger partial charge in [-0.15, -0.1) is 0 Å². The van der Waals surface area contributed by atoms with E-state index in [-0.39, 0.29) is 0 Å². The van der Waals surface area contributed by atoms with E-state index in [1.807, 2.05) is 0 Å². The summed E-state index contributed by atoms with van der Waals surface area (Å²) in [4.78, 5) is 24.1. The van der Waals surface area contributed by atoms with Gasteiger partial charge in [-0.05, 0) is 12.0 Å². The summed E-state index contributed by atoms with van der Waals surface area (Å²) >= 11 is 0. The first-order chi connectivity index (χ1) is 9.25. The number of methoxy groups -OCH3 is 2. The van der Waals surface area contributed by atoms with Crippen molar-refractivity contribution in [3.63, 3.8) is 0 Å². The molecular formula is C15H26O4Si. The molecule has 0 atom stereocenters. The van der Waals surface area contributed by atoms with Crippen molar-refractivity contribution in [2.75, 3.05) is 14.2 Å². The summed E-state index contributed by atoms with van der Waals surface area (Å²) in [6, 6.07) is 0. The molecular weight excluding hydrogens is 272 g/mol. The van der Waals surface area contributed by atoms with Gasteiger partial charge >= 0.3 is 11.9 Å². The van der Waals surface area contributed by atoms with Gasteiger partial charge in [-0.25, -0.2) is 0 Å². The van der Waals surface area contributed by atoms with Crippen molar-refractivity contribution in [1.29, 1.82) is 0 Å². The Morgan fingerprint density at radius 1 is 1.15 bits per heavy atom. The van der Waals surface area contributed by atoms with Crippen LogP contribution in [-0.4, -0.2) is 34.2 Å². The summed E-state index contributed by atoms with van der Waals surface area (Å²) < 4.78 is 9.68. The van der Waals surface area contributed by atoms with Crippen LogP contribution in [0, 0.1) is 5.41 Å². The molecule has 0 aromatic heterocycles. The van der Waals surface area contributed by atoms with Crippen LogP contribution in [0.1, 0.15) is 32.6 Å². The molecule has 0 bridgehead atoms. The first-order valence-corrected chi connectivity index (χ1v) is 10.7. The monoisotopic (exact) mass is 298 g/mol. The normalized spacial score (nSPS) is 19.3. The van der Waals surface area contributed by atoms with Crippen molar-refractivity contribution in [1.82, 2.24) is 0 Å². The molecule has 4 nitrogen and oxygen atoms in total. The topological polar surface area (TPSA) is 52.6 Å². The first kappa shape index (κ1) is 16.9. The number of rotatable bonds is 6. The Balaban J connectivity index is 3.24. The molecule has 0 amide bonds. The SMILES string of the molecule is CCCC/C(=C1/CC1(C(=O)OC)C(=O)OC)[Si](C)(C)C. The maximum Gasteiger partial charge on any atom is 0.327 e. The van der Waals surface area contributed by atoms with Gasteiger partial charge in [0.2, 0.25) is 0 Å². The minimum absolute atomic E-state index is 0.468. The van der Waals surface area contributed by atoms with Crippen molar-refractivity contribution < 1.29 is 19.1 Å². The lowest BCUT2D eigenvalue weighted by atomic mass is 10.1. The van der Waals surface area contributed by atoms with Gasteiger partial charge in [0.15, 0.2) is 5.41 Å². The number of hydrogen-bond acceptors (Lipinski definition) is 4. The smallest absolute Gasteiger partial charge is 0.327 e. The fraction of sp³-hybridized carbons (Fsp3) is 0.733. The number of hydrogen-bond donors (Lipinski definition) is 0. The summed E-state index contributed by atoms with van der Waals surface area (Å²) in [5.41, 5.74) is -0.184. The molecule has 1 aliphatic carbocycles. The molecule has 0 unspecified atom stereocenters. The fourth-order valence-electron chi connectivity index (χ4n) is 2.74. The summed E-state index contributed by atoms with van der Waals surface area (Å²) in [6.07, 6.45) is 3.62. The van der Waals surface area contributed by atoms with Gasteiger partial charge < -0.3 is 9.47 Å². The summed E-state index contributed by atoms with van der Waals surface area (Å²) in [5, 5.41) is 1.33. The lowest BCUT2D eigenvalue weighted by Crippen LogP contribution is -2.31. The minimum atomic E-state index is -1.57. The molecule has 0 saturated heterocycles. The Morgan fingerprint density at radius 2 is 1.65 bits per heavy atom. The third-order valence-corrected chi connectivity index (χ3v) is 6.31. The number of esters is 2. The molecule has 0 spiro atoms. The Bertz CT molecular complexity index is 416. The summed E-state index contributed by atoms with van der Waals surface area (Å²) in [6.45, 7) is 8.90. The Morgan fingerprint density at radius 3 is 2.00 bits per heavy atom. The summed E-state index contributed by atoms with van der Waals surface area (Å²) in [7, 11) is 1.08. The molecule has 1 fully saturated rings. The zero-order chi connectivity index (χ0) is 15.6. The molecule has 0 N–H and O–H groups in total. The van der Waals surface area contributed by atoms with Gasteiger partial charge in [0.05, 0.1) is 22.3 Å². The highest BCUT2D eigenvalue weighted by Crippen LogP contribution is 2.57. The van der Waals surface area contributed by atoms with E-state index in [9.17, 15) is 9.59 Å². The second-order valence-electron chi connectivity index (χ2n) is 6.38. The fourth-order valence-corrected chi connectivity index (χ4v) is 4.87. The molecule has 114 valence electrons. The van der Waals surface area contributed by atoms with Crippen molar-refractivity contribution in [3.8, 4) is 0 Å². The van der Waals surface area contributed by atoms with Crippen molar-refractivity contribution in [2.24, 2.45) is 5.41 Å². The van der Waals surface area contributed by atoms with Crippen LogP contribution in [-0.2, 0) is 19.1 Å². The highest BCUT2D eigenvalue weighted by atomic mass is 28.3. The van der Waals surface area contributed by atoms with Gasteiger partial charge in [-0.2, -0.15) is 0 Å². The second kappa shape index (κ2) is 6.12. The Hall–Kier alpha value is -1.10. The van der Waals surface area contributed by atoms with Crippen molar-refractivity contribution in [3.05, 3.63) is 10.8 Å². The second-order valence-corrected chi connectivity index (χ2v) is 11.5. The molecule has 0 radical (unpaired) electrons. The number of ether oxygens (including phenoxy) is 2. The van der Waals surface area contributed by atoms with Gasteiger partial charge in [0.25, 0.3) is 0 Å². The largest absolute Gasteiger partial charge is 0.468 e. The maximum absolute atomic E-state index is 12.1. The maximum atomic E-state index is 12.1. The van der Waals surface area contributed by atoms with Crippen LogP contribution in [0.4, 0.5) is 0 Å². The molecule has 20 heavy (non-hydrogen) atoms.